The lowest BCUT2D eigenvalue weighted by Crippen LogP contribution is -2.38. The van der Waals surface area contributed by atoms with Crippen molar-refractivity contribution in [2.24, 2.45) is 0 Å². The summed E-state index contributed by atoms with van der Waals surface area (Å²) >= 11 is 0. The van der Waals surface area contributed by atoms with Gasteiger partial charge in [-0.3, -0.25) is 4.79 Å². The van der Waals surface area contributed by atoms with Gasteiger partial charge in [-0.25, -0.2) is 18.0 Å². The summed E-state index contributed by atoms with van der Waals surface area (Å²) in [5, 5.41) is 2.34. The summed E-state index contributed by atoms with van der Waals surface area (Å²) in [7, 11) is 0. The molecule has 0 radical (unpaired) electrons. The van der Waals surface area contributed by atoms with Crippen LogP contribution in [0.4, 0.5) is 23.7 Å². The Balaban J connectivity index is 2.81. The number of anilines is 1. The van der Waals surface area contributed by atoms with Crippen LogP contribution >= 0.6 is 0 Å². The van der Waals surface area contributed by atoms with Gasteiger partial charge in [0.15, 0.2) is 17.5 Å². The first-order valence-corrected chi connectivity index (χ1v) is 6.20. The Hall–Kier alpha value is -2.25. The molecule has 1 N–H and O–H groups in total. The average Bonchev–Trinajstić information content (AvgIpc) is 2.42. The van der Waals surface area contributed by atoms with Gasteiger partial charge in [0.2, 0.25) is 5.91 Å². The molecule has 0 unspecified atom stereocenters. The number of benzene rings is 1. The highest BCUT2D eigenvalue weighted by Gasteiger charge is 2.20. The highest BCUT2D eigenvalue weighted by Crippen LogP contribution is 2.23. The van der Waals surface area contributed by atoms with Crippen molar-refractivity contribution in [2.45, 2.75) is 13.8 Å². The molecule has 2 amide bonds. The van der Waals surface area contributed by atoms with E-state index in [9.17, 15) is 22.8 Å². The Labute approximate surface area is 119 Å². The maximum Gasteiger partial charge on any atom is 0.407 e. The number of amides is 2. The van der Waals surface area contributed by atoms with Gasteiger partial charge in [0.25, 0.3) is 0 Å². The predicted octanol–water partition coefficient (Wildman–Crippen LogP) is 2.20. The lowest BCUT2D eigenvalue weighted by Gasteiger charge is -2.22. The molecule has 0 heterocycles. The smallest absolute Gasteiger partial charge is 0.407 e. The fraction of sp³-hybridized carbons (Fsp3) is 0.385. The van der Waals surface area contributed by atoms with E-state index in [4.69, 9.17) is 0 Å². The summed E-state index contributed by atoms with van der Waals surface area (Å²) in [5.74, 6) is -5.03. The second-order valence-corrected chi connectivity index (χ2v) is 4.01. The zero-order chi connectivity index (χ0) is 16.0. The van der Waals surface area contributed by atoms with E-state index in [0.29, 0.717) is 0 Å². The summed E-state index contributed by atoms with van der Waals surface area (Å²) in [5.41, 5.74) is -0.396. The summed E-state index contributed by atoms with van der Waals surface area (Å²) < 4.78 is 44.3. The standard InChI is InChI=1S/C13H15F3N2O3/c1-3-21-13(20)17-6-7-18(8(2)19)10-5-4-9(14)11(15)12(10)16/h4-5H,3,6-7H2,1-2H3,(H,17,20). The molecule has 0 aliphatic carbocycles. The SMILES string of the molecule is CCOC(=O)NCCN(C(C)=O)c1ccc(F)c(F)c1F. The minimum atomic E-state index is -1.66. The third kappa shape index (κ3) is 4.37. The van der Waals surface area contributed by atoms with Crippen LogP contribution in [0.15, 0.2) is 12.1 Å². The van der Waals surface area contributed by atoms with E-state index in [-0.39, 0.29) is 19.7 Å². The molecule has 0 aliphatic heterocycles. The highest BCUT2D eigenvalue weighted by molar-refractivity contribution is 5.91. The van der Waals surface area contributed by atoms with Gasteiger partial charge in [-0.05, 0) is 19.1 Å². The molecule has 21 heavy (non-hydrogen) atoms. The number of carbonyl (C=O) groups is 2. The molecular formula is C13H15F3N2O3. The zero-order valence-corrected chi connectivity index (χ0v) is 11.6. The molecule has 8 heteroatoms. The Morgan fingerprint density at radius 2 is 1.90 bits per heavy atom. The van der Waals surface area contributed by atoms with Gasteiger partial charge in [0.1, 0.15) is 0 Å². The molecule has 1 aromatic carbocycles. The number of nitrogens with zero attached hydrogens (tertiary/aromatic N) is 1. The fourth-order valence-electron chi connectivity index (χ4n) is 1.62. The monoisotopic (exact) mass is 304 g/mol. The number of rotatable bonds is 5. The molecule has 0 saturated carbocycles. The Morgan fingerprint density at radius 3 is 2.48 bits per heavy atom. The second kappa shape index (κ2) is 7.51. The Bertz CT molecular complexity index is 538. The maximum absolute atomic E-state index is 13.7. The van der Waals surface area contributed by atoms with E-state index in [1.807, 2.05) is 0 Å². The van der Waals surface area contributed by atoms with Gasteiger partial charge in [0.05, 0.1) is 12.3 Å². The van der Waals surface area contributed by atoms with Crippen LogP contribution in [0.1, 0.15) is 13.8 Å². The largest absolute Gasteiger partial charge is 0.450 e. The molecular weight excluding hydrogens is 289 g/mol. The fourth-order valence-corrected chi connectivity index (χ4v) is 1.62. The predicted molar refractivity (Wildman–Crippen MR) is 69.4 cm³/mol. The molecule has 0 bridgehead atoms. The number of halogens is 3. The van der Waals surface area contributed by atoms with Gasteiger partial charge >= 0.3 is 6.09 Å². The molecule has 116 valence electrons. The van der Waals surface area contributed by atoms with Crippen LogP contribution in [0, 0.1) is 17.5 Å². The van der Waals surface area contributed by atoms with Crippen molar-refractivity contribution >= 4 is 17.7 Å². The van der Waals surface area contributed by atoms with Crippen LogP contribution in [-0.4, -0.2) is 31.7 Å². The van der Waals surface area contributed by atoms with Crippen molar-refractivity contribution in [1.82, 2.24) is 5.32 Å². The van der Waals surface area contributed by atoms with Crippen molar-refractivity contribution in [3.63, 3.8) is 0 Å². The van der Waals surface area contributed by atoms with Crippen LogP contribution in [0.5, 0.6) is 0 Å². The maximum atomic E-state index is 13.7. The van der Waals surface area contributed by atoms with E-state index in [1.165, 1.54) is 0 Å². The number of ether oxygens (including phenoxy) is 1. The van der Waals surface area contributed by atoms with E-state index in [0.717, 1.165) is 24.0 Å². The molecule has 0 fully saturated rings. The quantitative estimate of drug-likeness (QED) is 0.848. The third-order valence-corrected chi connectivity index (χ3v) is 2.57. The van der Waals surface area contributed by atoms with Gasteiger partial charge in [-0.1, -0.05) is 0 Å². The van der Waals surface area contributed by atoms with Gasteiger partial charge in [-0.2, -0.15) is 0 Å². The number of nitrogens with one attached hydrogen (secondary N) is 1. The number of hydrogen-bond donors (Lipinski definition) is 1. The molecule has 1 aromatic rings. The number of hydrogen-bond acceptors (Lipinski definition) is 3. The van der Waals surface area contributed by atoms with Gasteiger partial charge < -0.3 is 15.0 Å². The van der Waals surface area contributed by atoms with Crippen LogP contribution in [0.25, 0.3) is 0 Å². The first-order valence-electron chi connectivity index (χ1n) is 6.20. The number of alkyl carbamates (subject to hydrolysis) is 1. The first-order chi connectivity index (χ1) is 9.88. The lowest BCUT2D eigenvalue weighted by atomic mass is 10.2. The molecule has 0 aliphatic rings. The van der Waals surface area contributed by atoms with Crippen LogP contribution in [0.3, 0.4) is 0 Å². The van der Waals surface area contributed by atoms with Crippen molar-refractivity contribution < 1.29 is 27.5 Å². The Kier molecular flexibility index (Phi) is 6.01. The zero-order valence-electron chi connectivity index (χ0n) is 11.6. The van der Waals surface area contributed by atoms with Crippen LogP contribution in [0.2, 0.25) is 0 Å². The van der Waals surface area contributed by atoms with Crippen molar-refractivity contribution in [2.75, 3.05) is 24.6 Å². The topological polar surface area (TPSA) is 58.6 Å². The lowest BCUT2D eigenvalue weighted by molar-refractivity contribution is -0.116. The van der Waals surface area contributed by atoms with Gasteiger partial charge in [0, 0.05) is 20.0 Å². The van der Waals surface area contributed by atoms with E-state index in [2.05, 4.69) is 10.1 Å². The highest BCUT2D eigenvalue weighted by atomic mass is 19.2. The summed E-state index contributed by atoms with van der Waals surface area (Å²) in [6.07, 6.45) is -0.688. The molecule has 0 aromatic heterocycles. The van der Waals surface area contributed by atoms with Crippen molar-refractivity contribution in [3.8, 4) is 0 Å². The van der Waals surface area contributed by atoms with Gasteiger partial charge in [-0.15, -0.1) is 0 Å². The van der Waals surface area contributed by atoms with Crippen molar-refractivity contribution in [1.29, 1.82) is 0 Å². The molecule has 0 spiro atoms. The molecule has 0 atom stereocenters. The van der Waals surface area contributed by atoms with E-state index < -0.39 is 35.1 Å². The minimum absolute atomic E-state index is 0.0309. The summed E-state index contributed by atoms with van der Waals surface area (Å²) in [6, 6.07) is 1.68. The molecule has 0 saturated heterocycles. The number of carbonyl (C=O) groups excluding carboxylic acids is 2. The summed E-state index contributed by atoms with van der Waals surface area (Å²) in [6.45, 7) is 2.80. The summed E-state index contributed by atoms with van der Waals surface area (Å²) in [4.78, 5) is 23.5. The third-order valence-electron chi connectivity index (χ3n) is 2.57. The average molecular weight is 304 g/mol. The van der Waals surface area contributed by atoms with E-state index >= 15 is 0 Å². The minimum Gasteiger partial charge on any atom is -0.450 e. The van der Waals surface area contributed by atoms with Crippen molar-refractivity contribution in [3.05, 3.63) is 29.6 Å². The molecule has 5 nitrogen and oxygen atoms in total. The van der Waals surface area contributed by atoms with Crippen LogP contribution < -0.4 is 10.2 Å². The van der Waals surface area contributed by atoms with Crippen LogP contribution in [-0.2, 0) is 9.53 Å². The second-order valence-electron chi connectivity index (χ2n) is 4.01. The Morgan fingerprint density at radius 1 is 1.24 bits per heavy atom. The molecule has 1 rings (SSSR count). The van der Waals surface area contributed by atoms with E-state index in [1.54, 1.807) is 6.92 Å². The normalized spacial score (nSPS) is 10.1. The first kappa shape index (κ1) is 16.8.